The minimum atomic E-state index is -0.408. The normalized spacial score (nSPS) is 12.5. The van der Waals surface area contributed by atoms with Crippen molar-refractivity contribution in [1.29, 1.82) is 0 Å². The molecule has 1 aromatic heterocycles. The lowest BCUT2D eigenvalue weighted by Gasteiger charge is -2.16. The molecule has 0 unspecified atom stereocenters. The van der Waals surface area contributed by atoms with Gasteiger partial charge in [0.15, 0.2) is 5.13 Å². The Bertz CT molecular complexity index is 719. The van der Waals surface area contributed by atoms with Crippen molar-refractivity contribution in [1.82, 2.24) is 4.98 Å². The maximum atomic E-state index is 13.5. The highest BCUT2D eigenvalue weighted by Crippen LogP contribution is 2.32. The predicted molar refractivity (Wildman–Crippen MR) is 87.7 cm³/mol. The molecule has 0 amide bonds. The van der Waals surface area contributed by atoms with Crippen molar-refractivity contribution in [3.05, 3.63) is 58.9 Å². The first-order chi connectivity index (χ1) is 10.2. The van der Waals surface area contributed by atoms with E-state index in [1.807, 2.05) is 18.2 Å². The van der Waals surface area contributed by atoms with Crippen molar-refractivity contribution in [2.45, 2.75) is 19.4 Å². The third-order valence-electron chi connectivity index (χ3n) is 3.34. The molecular formula is C16H14ClFN2S. The summed E-state index contributed by atoms with van der Waals surface area (Å²) in [4.78, 5) is 4.48. The Labute approximate surface area is 131 Å². The van der Waals surface area contributed by atoms with Crippen LogP contribution in [-0.4, -0.2) is 4.98 Å². The summed E-state index contributed by atoms with van der Waals surface area (Å²) in [7, 11) is 0. The van der Waals surface area contributed by atoms with Crippen LogP contribution in [0.25, 0.3) is 10.2 Å². The summed E-state index contributed by atoms with van der Waals surface area (Å²) in [6, 6.07) is 13.4. The quantitative estimate of drug-likeness (QED) is 0.671. The van der Waals surface area contributed by atoms with Gasteiger partial charge in [-0.3, -0.25) is 0 Å². The smallest absolute Gasteiger partial charge is 0.184 e. The Morgan fingerprint density at radius 2 is 2.05 bits per heavy atom. The van der Waals surface area contributed by atoms with Crippen LogP contribution in [0.3, 0.4) is 0 Å². The highest BCUT2D eigenvalue weighted by molar-refractivity contribution is 7.22. The standard InChI is InChI=1S/C16H14ClFN2S/c1-2-13(10-6-4-3-5-7-10)19-16-20-14-8-11(17)12(18)9-15(14)21-16/h3-9,13H,2H2,1H3,(H,19,20)/t13-/m0/s1. The van der Waals surface area contributed by atoms with Crippen molar-refractivity contribution in [2.75, 3.05) is 5.32 Å². The van der Waals surface area contributed by atoms with Crippen molar-refractivity contribution >= 4 is 38.3 Å². The average molecular weight is 321 g/mol. The lowest BCUT2D eigenvalue weighted by molar-refractivity contribution is 0.630. The summed E-state index contributed by atoms with van der Waals surface area (Å²) in [6.07, 6.45) is 0.940. The summed E-state index contributed by atoms with van der Waals surface area (Å²) >= 11 is 7.23. The van der Waals surface area contributed by atoms with Gasteiger partial charge in [0, 0.05) is 0 Å². The average Bonchev–Trinajstić information content (AvgIpc) is 2.87. The van der Waals surface area contributed by atoms with Gasteiger partial charge < -0.3 is 5.32 Å². The first-order valence-corrected chi connectivity index (χ1v) is 7.94. The van der Waals surface area contributed by atoms with Crippen LogP contribution in [0.5, 0.6) is 0 Å². The largest absolute Gasteiger partial charge is 0.355 e. The van der Waals surface area contributed by atoms with E-state index >= 15 is 0 Å². The Balaban J connectivity index is 1.90. The monoisotopic (exact) mass is 320 g/mol. The van der Waals surface area contributed by atoms with E-state index in [0.717, 1.165) is 21.8 Å². The zero-order valence-electron chi connectivity index (χ0n) is 11.4. The van der Waals surface area contributed by atoms with Gasteiger partial charge in [0.05, 0.1) is 21.3 Å². The molecular weight excluding hydrogens is 307 g/mol. The SMILES string of the molecule is CC[C@H](Nc1nc2cc(Cl)c(F)cc2s1)c1ccccc1. The number of hydrogen-bond donors (Lipinski definition) is 1. The lowest BCUT2D eigenvalue weighted by atomic mass is 10.1. The van der Waals surface area contributed by atoms with Gasteiger partial charge in [0.2, 0.25) is 0 Å². The van der Waals surface area contributed by atoms with Gasteiger partial charge in [-0.25, -0.2) is 9.37 Å². The van der Waals surface area contributed by atoms with E-state index < -0.39 is 5.82 Å². The predicted octanol–water partition coefficient (Wildman–Crippen LogP) is 5.65. The van der Waals surface area contributed by atoms with Crippen LogP contribution in [0.1, 0.15) is 24.9 Å². The van der Waals surface area contributed by atoms with E-state index in [2.05, 4.69) is 29.4 Å². The molecule has 2 aromatic carbocycles. The molecule has 0 bridgehead atoms. The Morgan fingerprint density at radius 1 is 1.29 bits per heavy atom. The number of fused-ring (bicyclic) bond motifs is 1. The zero-order chi connectivity index (χ0) is 14.8. The number of hydrogen-bond acceptors (Lipinski definition) is 3. The van der Waals surface area contributed by atoms with E-state index in [4.69, 9.17) is 11.6 Å². The van der Waals surface area contributed by atoms with E-state index in [-0.39, 0.29) is 11.1 Å². The van der Waals surface area contributed by atoms with Crippen LogP contribution in [0.4, 0.5) is 9.52 Å². The molecule has 1 N–H and O–H groups in total. The third kappa shape index (κ3) is 3.01. The maximum Gasteiger partial charge on any atom is 0.184 e. The number of halogens is 2. The maximum absolute atomic E-state index is 13.5. The molecule has 1 atom stereocenters. The Kier molecular flexibility index (Phi) is 4.08. The number of thiazole rings is 1. The van der Waals surface area contributed by atoms with Crippen LogP contribution in [-0.2, 0) is 0 Å². The fourth-order valence-corrected chi connectivity index (χ4v) is 3.32. The fourth-order valence-electron chi connectivity index (χ4n) is 2.24. The third-order valence-corrected chi connectivity index (χ3v) is 4.58. The molecule has 108 valence electrons. The summed E-state index contributed by atoms with van der Waals surface area (Å²) in [5.41, 5.74) is 1.93. The second-order valence-electron chi connectivity index (χ2n) is 4.77. The fraction of sp³-hybridized carbons (Fsp3) is 0.188. The number of aromatic nitrogens is 1. The van der Waals surface area contributed by atoms with Crippen LogP contribution < -0.4 is 5.32 Å². The molecule has 0 aliphatic carbocycles. The minimum Gasteiger partial charge on any atom is -0.355 e. The van der Waals surface area contributed by atoms with E-state index in [9.17, 15) is 4.39 Å². The van der Waals surface area contributed by atoms with Gasteiger partial charge in [0.25, 0.3) is 0 Å². The second-order valence-corrected chi connectivity index (χ2v) is 6.21. The topological polar surface area (TPSA) is 24.9 Å². The van der Waals surface area contributed by atoms with Crippen molar-refractivity contribution < 1.29 is 4.39 Å². The molecule has 5 heteroatoms. The summed E-state index contributed by atoms with van der Waals surface area (Å²) in [5.74, 6) is -0.408. The molecule has 3 aromatic rings. The molecule has 21 heavy (non-hydrogen) atoms. The molecule has 2 nitrogen and oxygen atoms in total. The van der Waals surface area contributed by atoms with Gasteiger partial charge in [-0.1, -0.05) is 60.2 Å². The van der Waals surface area contributed by atoms with Gasteiger partial charge in [-0.2, -0.15) is 0 Å². The number of nitrogens with zero attached hydrogens (tertiary/aromatic N) is 1. The number of anilines is 1. The van der Waals surface area contributed by atoms with Gasteiger partial charge in [-0.05, 0) is 24.1 Å². The highest BCUT2D eigenvalue weighted by atomic mass is 35.5. The van der Waals surface area contributed by atoms with Gasteiger partial charge >= 0.3 is 0 Å². The molecule has 0 fully saturated rings. The molecule has 1 heterocycles. The van der Waals surface area contributed by atoms with Crippen LogP contribution >= 0.6 is 22.9 Å². The zero-order valence-corrected chi connectivity index (χ0v) is 13.0. The highest BCUT2D eigenvalue weighted by Gasteiger charge is 2.13. The van der Waals surface area contributed by atoms with Gasteiger partial charge in [-0.15, -0.1) is 0 Å². The van der Waals surface area contributed by atoms with Gasteiger partial charge in [0.1, 0.15) is 5.82 Å². The van der Waals surface area contributed by atoms with Crippen LogP contribution in [0.15, 0.2) is 42.5 Å². The molecule has 0 radical (unpaired) electrons. The van der Waals surface area contributed by atoms with Crippen LogP contribution in [0, 0.1) is 5.82 Å². The molecule has 0 aliphatic heterocycles. The molecule has 0 spiro atoms. The lowest BCUT2D eigenvalue weighted by Crippen LogP contribution is -2.09. The molecule has 0 saturated carbocycles. The van der Waals surface area contributed by atoms with Crippen molar-refractivity contribution in [2.24, 2.45) is 0 Å². The number of rotatable bonds is 4. The minimum absolute atomic E-state index is 0.106. The number of nitrogens with one attached hydrogen (secondary N) is 1. The van der Waals surface area contributed by atoms with E-state index in [1.54, 1.807) is 6.07 Å². The van der Waals surface area contributed by atoms with Crippen LogP contribution in [0.2, 0.25) is 5.02 Å². The van der Waals surface area contributed by atoms with E-state index in [1.165, 1.54) is 23.0 Å². The molecule has 0 aliphatic rings. The summed E-state index contributed by atoms with van der Waals surface area (Å²) in [6.45, 7) is 2.12. The molecule has 0 saturated heterocycles. The first-order valence-electron chi connectivity index (χ1n) is 6.74. The molecule has 3 rings (SSSR count). The van der Waals surface area contributed by atoms with Crippen molar-refractivity contribution in [3.63, 3.8) is 0 Å². The first kappa shape index (κ1) is 14.3. The number of benzene rings is 2. The van der Waals surface area contributed by atoms with Crippen molar-refractivity contribution in [3.8, 4) is 0 Å². The Morgan fingerprint density at radius 3 is 2.76 bits per heavy atom. The second kappa shape index (κ2) is 6.00. The summed E-state index contributed by atoms with van der Waals surface area (Å²) in [5, 5.41) is 4.30. The Hall–Kier alpha value is -1.65. The summed E-state index contributed by atoms with van der Waals surface area (Å²) < 4.78 is 14.3. The van der Waals surface area contributed by atoms with E-state index in [0.29, 0.717) is 0 Å².